The lowest BCUT2D eigenvalue weighted by Gasteiger charge is -2.12. The number of carbonyl (C=O) groups is 1. The molecule has 0 bridgehead atoms. The highest BCUT2D eigenvalue weighted by molar-refractivity contribution is 7.00. The van der Waals surface area contributed by atoms with Crippen molar-refractivity contribution in [3.8, 4) is 0 Å². The Morgan fingerprint density at radius 1 is 1.36 bits per heavy atom. The van der Waals surface area contributed by atoms with Gasteiger partial charge in [0.05, 0.1) is 17.8 Å². The summed E-state index contributed by atoms with van der Waals surface area (Å²) in [6, 6.07) is 8.99. The molecule has 2 aromatic heterocycles. The summed E-state index contributed by atoms with van der Waals surface area (Å²) in [5.74, 6) is -0.172. The van der Waals surface area contributed by atoms with Crippen molar-refractivity contribution in [2.45, 2.75) is 12.5 Å². The number of hydrogen-bond donors (Lipinski definition) is 2. The smallest absolute Gasteiger partial charge is 0.251 e. The Balaban J connectivity index is 1.57. The van der Waals surface area contributed by atoms with Gasteiger partial charge in [0, 0.05) is 31.0 Å². The number of fused-ring (bicyclic) bond motifs is 1. The number of nitrogens with one attached hydrogen (secondary N) is 1. The van der Waals surface area contributed by atoms with E-state index >= 15 is 0 Å². The Morgan fingerprint density at radius 2 is 2.18 bits per heavy atom. The first-order chi connectivity index (χ1) is 10.6. The van der Waals surface area contributed by atoms with E-state index in [9.17, 15) is 9.90 Å². The van der Waals surface area contributed by atoms with Crippen molar-refractivity contribution in [3.63, 3.8) is 0 Å². The third kappa shape index (κ3) is 3.00. The van der Waals surface area contributed by atoms with Crippen LogP contribution in [0.15, 0.2) is 36.5 Å². The molecule has 1 atom stereocenters. The molecule has 2 heterocycles. The number of aliphatic hydroxyl groups is 1. The zero-order chi connectivity index (χ0) is 15.5. The molecular weight excluding hydrogens is 300 g/mol. The van der Waals surface area contributed by atoms with Crippen LogP contribution >= 0.6 is 11.7 Å². The fourth-order valence-corrected chi connectivity index (χ4v) is 2.83. The van der Waals surface area contributed by atoms with Crippen molar-refractivity contribution in [1.29, 1.82) is 0 Å². The van der Waals surface area contributed by atoms with Gasteiger partial charge in [-0.25, -0.2) is 0 Å². The molecule has 0 aliphatic heterocycles. The number of hydrogen-bond acceptors (Lipinski definition) is 5. The molecule has 3 aromatic rings. The van der Waals surface area contributed by atoms with E-state index in [2.05, 4.69) is 14.1 Å². The highest BCUT2D eigenvalue weighted by Gasteiger charge is 2.12. The first kappa shape index (κ1) is 14.7. The Labute approximate surface area is 131 Å². The van der Waals surface area contributed by atoms with Gasteiger partial charge in [0.25, 0.3) is 5.91 Å². The zero-order valence-electron chi connectivity index (χ0n) is 12.1. The van der Waals surface area contributed by atoms with E-state index in [1.165, 1.54) is 0 Å². The standard InChI is InChI=1S/C15H16N4O2S/c1-19-8-2-3-13(19)14(20)6-7-16-15(21)10-4-5-11-12(9-10)18-22-17-11/h2-5,8-9,14,20H,6-7H2,1H3,(H,16,21)/t14-/m0/s1. The van der Waals surface area contributed by atoms with Gasteiger partial charge in [-0.2, -0.15) is 8.75 Å². The molecule has 2 N–H and O–H groups in total. The van der Waals surface area contributed by atoms with Crippen molar-refractivity contribution < 1.29 is 9.90 Å². The van der Waals surface area contributed by atoms with Gasteiger partial charge in [0.1, 0.15) is 11.0 Å². The van der Waals surface area contributed by atoms with Crippen LogP contribution in [0, 0.1) is 0 Å². The van der Waals surface area contributed by atoms with Crippen molar-refractivity contribution in [1.82, 2.24) is 18.6 Å². The Kier molecular flexibility index (Phi) is 4.17. The maximum Gasteiger partial charge on any atom is 0.251 e. The third-order valence-corrected chi connectivity index (χ3v) is 4.10. The third-order valence-electron chi connectivity index (χ3n) is 3.54. The predicted octanol–water partition coefficient (Wildman–Crippen LogP) is 1.88. The molecule has 1 aromatic carbocycles. The van der Waals surface area contributed by atoms with Crippen LogP contribution < -0.4 is 5.32 Å². The van der Waals surface area contributed by atoms with Gasteiger partial charge in [-0.3, -0.25) is 4.79 Å². The topological polar surface area (TPSA) is 80.0 Å². The van der Waals surface area contributed by atoms with Gasteiger partial charge < -0.3 is 15.0 Å². The summed E-state index contributed by atoms with van der Waals surface area (Å²) in [7, 11) is 1.88. The fourth-order valence-electron chi connectivity index (χ4n) is 2.32. The number of aromatic nitrogens is 3. The van der Waals surface area contributed by atoms with E-state index in [1.807, 2.05) is 29.9 Å². The largest absolute Gasteiger partial charge is 0.387 e. The van der Waals surface area contributed by atoms with Crippen LogP contribution in [-0.4, -0.2) is 30.9 Å². The predicted molar refractivity (Wildman–Crippen MR) is 84.7 cm³/mol. The number of benzene rings is 1. The second-order valence-electron chi connectivity index (χ2n) is 5.07. The number of carbonyl (C=O) groups excluding carboxylic acids is 1. The number of aliphatic hydroxyl groups excluding tert-OH is 1. The minimum Gasteiger partial charge on any atom is -0.387 e. The van der Waals surface area contributed by atoms with Crippen molar-refractivity contribution in [2.75, 3.05) is 6.54 Å². The Bertz CT molecular complexity index is 796. The van der Waals surface area contributed by atoms with Crippen LogP contribution in [0.3, 0.4) is 0 Å². The molecule has 0 unspecified atom stereocenters. The van der Waals surface area contributed by atoms with Crippen LogP contribution in [0.4, 0.5) is 0 Å². The van der Waals surface area contributed by atoms with Crippen molar-refractivity contribution in [2.24, 2.45) is 7.05 Å². The van der Waals surface area contributed by atoms with Crippen LogP contribution in [0.2, 0.25) is 0 Å². The molecule has 0 aliphatic rings. The molecule has 0 radical (unpaired) electrons. The Morgan fingerprint density at radius 3 is 2.95 bits per heavy atom. The van der Waals surface area contributed by atoms with Gasteiger partial charge in [-0.05, 0) is 36.8 Å². The second kappa shape index (κ2) is 6.25. The molecule has 22 heavy (non-hydrogen) atoms. The van der Waals surface area contributed by atoms with Gasteiger partial charge in [0.2, 0.25) is 0 Å². The van der Waals surface area contributed by atoms with Gasteiger partial charge >= 0.3 is 0 Å². The summed E-state index contributed by atoms with van der Waals surface area (Å²) >= 11 is 1.13. The molecule has 1 amide bonds. The van der Waals surface area contributed by atoms with E-state index in [-0.39, 0.29) is 5.91 Å². The number of rotatable bonds is 5. The highest BCUT2D eigenvalue weighted by Crippen LogP contribution is 2.16. The van der Waals surface area contributed by atoms with E-state index in [0.29, 0.717) is 18.5 Å². The summed E-state index contributed by atoms with van der Waals surface area (Å²) in [5, 5.41) is 12.9. The average Bonchev–Trinajstić information content (AvgIpc) is 3.14. The maximum atomic E-state index is 12.1. The molecule has 0 spiro atoms. The molecule has 0 aliphatic carbocycles. The summed E-state index contributed by atoms with van der Waals surface area (Å²) in [5.41, 5.74) is 2.90. The molecule has 0 saturated carbocycles. The molecule has 7 heteroatoms. The van der Waals surface area contributed by atoms with E-state index in [1.54, 1.807) is 18.2 Å². The minimum absolute atomic E-state index is 0.172. The van der Waals surface area contributed by atoms with Gasteiger partial charge in [-0.1, -0.05) is 0 Å². The molecular formula is C15H16N4O2S. The maximum absolute atomic E-state index is 12.1. The summed E-state index contributed by atoms with van der Waals surface area (Å²) < 4.78 is 10.1. The van der Waals surface area contributed by atoms with E-state index in [4.69, 9.17) is 0 Å². The fraction of sp³-hybridized carbons (Fsp3) is 0.267. The minimum atomic E-state index is -0.592. The monoisotopic (exact) mass is 316 g/mol. The van der Waals surface area contributed by atoms with Crippen LogP contribution in [-0.2, 0) is 7.05 Å². The average molecular weight is 316 g/mol. The number of aryl methyl sites for hydroxylation is 1. The first-order valence-electron chi connectivity index (χ1n) is 6.95. The second-order valence-corrected chi connectivity index (χ2v) is 5.60. The lowest BCUT2D eigenvalue weighted by atomic mass is 10.1. The van der Waals surface area contributed by atoms with E-state index < -0.39 is 6.10 Å². The molecule has 0 saturated heterocycles. The van der Waals surface area contributed by atoms with Crippen LogP contribution in [0.25, 0.3) is 11.0 Å². The number of nitrogens with zero attached hydrogens (tertiary/aromatic N) is 3. The van der Waals surface area contributed by atoms with Gasteiger partial charge in [-0.15, -0.1) is 0 Å². The van der Waals surface area contributed by atoms with Gasteiger partial charge in [0.15, 0.2) is 0 Å². The normalized spacial score (nSPS) is 12.5. The summed E-state index contributed by atoms with van der Waals surface area (Å²) in [6.45, 7) is 0.401. The lowest BCUT2D eigenvalue weighted by molar-refractivity contribution is 0.0941. The molecule has 3 rings (SSSR count). The quantitative estimate of drug-likeness (QED) is 0.753. The van der Waals surface area contributed by atoms with Crippen molar-refractivity contribution >= 4 is 28.7 Å². The van der Waals surface area contributed by atoms with E-state index in [0.717, 1.165) is 28.5 Å². The first-order valence-corrected chi connectivity index (χ1v) is 7.68. The number of amides is 1. The Hall–Kier alpha value is -2.25. The SMILES string of the molecule is Cn1cccc1[C@@H](O)CCNC(=O)c1ccc2nsnc2c1. The van der Waals surface area contributed by atoms with Crippen LogP contribution in [0.1, 0.15) is 28.6 Å². The summed E-state index contributed by atoms with van der Waals surface area (Å²) in [6.07, 6.45) is 1.75. The van der Waals surface area contributed by atoms with Crippen LogP contribution in [0.5, 0.6) is 0 Å². The molecule has 114 valence electrons. The zero-order valence-corrected chi connectivity index (χ0v) is 12.9. The molecule has 0 fully saturated rings. The highest BCUT2D eigenvalue weighted by atomic mass is 32.1. The lowest BCUT2D eigenvalue weighted by Crippen LogP contribution is -2.25. The van der Waals surface area contributed by atoms with Crippen molar-refractivity contribution in [3.05, 3.63) is 47.8 Å². The molecule has 6 nitrogen and oxygen atoms in total. The summed E-state index contributed by atoms with van der Waals surface area (Å²) in [4.78, 5) is 12.1.